The molecule has 0 atom stereocenters. The summed E-state index contributed by atoms with van der Waals surface area (Å²) < 4.78 is 41.2. The average Bonchev–Trinajstić information content (AvgIpc) is 2.24. The number of rotatable bonds is 5. The van der Waals surface area contributed by atoms with E-state index in [4.69, 9.17) is 9.84 Å². The number of halogens is 4. The second kappa shape index (κ2) is 6.08. The lowest BCUT2D eigenvalue weighted by atomic mass is 10.2. The summed E-state index contributed by atoms with van der Waals surface area (Å²) in [5, 5.41) is 8.90. The molecule has 0 aliphatic rings. The zero-order valence-electron chi connectivity index (χ0n) is 9.13. The SMILES string of the molecule is O=C(O)c1cccc(Br)c1OCCCC(F)(F)F. The van der Waals surface area contributed by atoms with Crippen molar-refractivity contribution in [3.8, 4) is 5.75 Å². The number of carboxylic acid groups (broad SMARTS) is 1. The van der Waals surface area contributed by atoms with Gasteiger partial charge in [-0.3, -0.25) is 0 Å². The highest BCUT2D eigenvalue weighted by atomic mass is 79.9. The molecule has 1 aromatic rings. The van der Waals surface area contributed by atoms with E-state index >= 15 is 0 Å². The van der Waals surface area contributed by atoms with Gasteiger partial charge in [0, 0.05) is 6.42 Å². The predicted octanol–water partition coefficient (Wildman–Crippen LogP) is 3.87. The molecule has 18 heavy (non-hydrogen) atoms. The van der Waals surface area contributed by atoms with Gasteiger partial charge in [0.25, 0.3) is 0 Å². The Labute approximate surface area is 110 Å². The number of aromatic carboxylic acids is 1. The fraction of sp³-hybridized carbons (Fsp3) is 0.364. The summed E-state index contributed by atoms with van der Waals surface area (Å²) in [6.45, 7) is -0.192. The summed E-state index contributed by atoms with van der Waals surface area (Å²) in [4.78, 5) is 10.9. The number of para-hydroxylation sites is 1. The molecule has 100 valence electrons. The second-order valence-electron chi connectivity index (χ2n) is 3.49. The number of alkyl halides is 3. The molecule has 7 heteroatoms. The third-order valence-electron chi connectivity index (χ3n) is 2.05. The first-order chi connectivity index (χ1) is 8.31. The van der Waals surface area contributed by atoms with Crippen LogP contribution in [-0.4, -0.2) is 23.9 Å². The highest BCUT2D eigenvalue weighted by molar-refractivity contribution is 9.10. The summed E-state index contributed by atoms with van der Waals surface area (Å²) in [6.07, 6.45) is -5.41. The molecule has 0 saturated carbocycles. The molecule has 0 aromatic heterocycles. The minimum atomic E-state index is -4.23. The minimum absolute atomic E-state index is 0.0483. The summed E-state index contributed by atoms with van der Waals surface area (Å²) >= 11 is 3.10. The maximum absolute atomic E-state index is 11.9. The zero-order chi connectivity index (χ0) is 13.8. The van der Waals surface area contributed by atoms with Crippen LogP contribution in [0.5, 0.6) is 5.75 Å². The van der Waals surface area contributed by atoms with Crippen molar-refractivity contribution in [2.45, 2.75) is 19.0 Å². The van der Waals surface area contributed by atoms with Crippen LogP contribution in [0.15, 0.2) is 22.7 Å². The van der Waals surface area contributed by atoms with Crippen molar-refractivity contribution in [3.05, 3.63) is 28.2 Å². The van der Waals surface area contributed by atoms with E-state index in [1.807, 2.05) is 0 Å². The van der Waals surface area contributed by atoms with Gasteiger partial charge >= 0.3 is 12.1 Å². The first-order valence-corrected chi connectivity index (χ1v) is 5.82. The van der Waals surface area contributed by atoms with E-state index in [0.717, 1.165) is 0 Å². The molecule has 1 rings (SSSR count). The van der Waals surface area contributed by atoms with E-state index in [1.165, 1.54) is 12.1 Å². The number of benzene rings is 1. The molecule has 1 N–H and O–H groups in total. The Balaban J connectivity index is 2.64. The Morgan fingerprint density at radius 3 is 2.61 bits per heavy atom. The van der Waals surface area contributed by atoms with E-state index in [9.17, 15) is 18.0 Å². The van der Waals surface area contributed by atoms with Crippen molar-refractivity contribution in [3.63, 3.8) is 0 Å². The van der Waals surface area contributed by atoms with Crippen LogP contribution in [0.2, 0.25) is 0 Å². The van der Waals surface area contributed by atoms with Crippen molar-refractivity contribution in [2.24, 2.45) is 0 Å². The number of carbonyl (C=O) groups is 1. The second-order valence-corrected chi connectivity index (χ2v) is 4.34. The van der Waals surface area contributed by atoms with E-state index in [-0.39, 0.29) is 24.3 Å². The van der Waals surface area contributed by atoms with E-state index in [0.29, 0.717) is 4.47 Å². The first-order valence-electron chi connectivity index (χ1n) is 5.02. The molecular formula is C11H10BrF3O3. The number of carboxylic acids is 1. The molecule has 0 spiro atoms. The standard InChI is InChI=1S/C11H10BrF3O3/c12-8-4-1-3-7(10(16)17)9(8)18-6-2-5-11(13,14)15/h1,3-4H,2,5-6H2,(H,16,17). The fourth-order valence-electron chi connectivity index (χ4n) is 1.27. The van der Waals surface area contributed by atoms with Gasteiger partial charge in [-0.15, -0.1) is 0 Å². The van der Waals surface area contributed by atoms with Crippen molar-refractivity contribution >= 4 is 21.9 Å². The lowest BCUT2D eigenvalue weighted by Gasteiger charge is -2.11. The first kappa shape index (κ1) is 14.8. The van der Waals surface area contributed by atoms with Gasteiger partial charge in [-0.1, -0.05) is 6.07 Å². The zero-order valence-corrected chi connectivity index (χ0v) is 10.7. The van der Waals surface area contributed by atoms with E-state index in [2.05, 4.69) is 15.9 Å². The van der Waals surface area contributed by atoms with Crippen LogP contribution in [0, 0.1) is 0 Å². The van der Waals surface area contributed by atoms with Gasteiger partial charge in [0.15, 0.2) is 0 Å². The predicted molar refractivity (Wildman–Crippen MR) is 61.9 cm³/mol. The minimum Gasteiger partial charge on any atom is -0.491 e. The van der Waals surface area contributed by atoms with E-state index in [1.54, 1.807) is 6.07 Å². The smallest absolute Gasteiger partial charge is 0.389 e. The molecule has 0 saturated heterocycles. The molecular weight excluding hydrogens is 317 g/mol. The number of hydrogen-bond acceptors (Lipinski definition) is 2. The van der Waals surface area contributed by atoms with Crippen molar-refractivity contribution < 1.29 is 27.8 Å². The lowest BCUT2D eigenvalue weighted by molar-refractivity contribution is -0.136. The maximum Gasteiger partial charge on any atom is 0.389 e. The van der Waals surface area contributed by atoms with Gasteiger partial charge < -0.3 is 9.84 Å². The van der Waals surface area contributed by atoms with Gasteiger partial charge in [-0.05, 0) is 34.5 Å². The third-order valence-corrected chi connectivity index (χ3v) is 2.67. The molecule has 0 bridgehead atoms. The number of hydrogen-bond donors (Lipinski definition) is 1. The molecule has 1 aromatic carbocycles. The quantitative estimate of drug-likeness (QED) is 0.835. The van der Waals surface area contributed by atoms with Crippen molar-refractivity contribution in [2.75, 3.05) is 6.61 Å². The van der Waals surface area contributed by atoms with Crippen LogP contribution in [0.4, 0.5) is 13.2 Å². The van der Waals surface area contributed by atoms with Gasteiger partial charge in [0.1, 0.15) is 11.3 Å². The average molecular weight is 327 g/mol. The molecule has 0 aliphatic carbocycles. The summed E-state index contributed by atoms with van der Waals surface area (Å²) in [6, 6.07) is 4.40. The highest BCUT2D eigenvalue weighted by Crippen LogP contribution is 2.29. The molecule has 0 unspecified atom stereocenters. The third kappa shape index (κ3) is 4.56. The van der Waals surface area contributed by atoms with E-state index < -0.39 is 18.6 Å². The van der Waals surface area contributed by atoms with Crippen LogP contribution >= 0.6 is 15.9 Å². The Kier molecular flexibility index (Phi) is 5.01. The maximum atomic E-state index is 11.9. The van der Waals surface area contributed by atoms with Crippen molar-refractivity contribution in [1.82, 2.24) is 0 Å². The monoisotopic (exact) mass is 326 g/mol. The molecule has 0 radical (unpaired) electrons. The molecule has 0 amide bonds. The normalized spacial score (nSPS) is 11.3. The number of ether oxygens (including phenoxy) is 1. The Morgan fingerprint density at radius 2 is 2.06 bits per heavy atom. The molecule has 3 nitrogen and oxygen atoms in total. The van der Waals surface area contributed by atoms with Crippen LogP contribution < -0.4 is 4.74 Å². The summed E-state index contributed by atoms with van der Waals surface area (Å²) in [5.74, 6) is -1.14. The van der Waals surface area contributed by atoms with Crippen LogP contribution in [0.3, 0.4) is 0 Å². The molecule has 0 aliphatic heterocycles. The van der Waals surface area contributed by atoms with Gasteiger partial charge in [-0.25, -0.2) is 4.79 Å². The lowest BCUT2D eigenvalue weighted by Crippen LogP contribution is -2.11. The largest absolute Gasteiger partial charge is 0.491 e. The van der Waals surface area contributed by atoms with Crippen LogP contribution in [-0.2, 0) is 0 Å². The molecule has 0 fully saturated rings. The Hall–Kier alpha value is -1.24. The fourth-order valence-corrected chi connectivity index (χ4v) is 1.75. The highest BCUT2D eigenvalue weighted by Gasteiger charge is 2.26. The Bertz CT molecular complexity index is 432. The Morgan fingerprint density at radius 1 is 1.39 bits per heavy atom. The van der Waals surface area contributed by atoms with Gasteiger partial charge in [-0.2, -0.15) is 13.2 Å². The summed E-state index contributed by atoms with van der Waals surface area (Å²) in [7, 11) is 0. The van der Waals surface area contributed by atoms with Crippen LogP contribution in [0.25, 0.3) is 0 Å². The van der Waals surface area contributed by atoms with Gasteiger partial charge in [0.2, 0.25) is 0 Å². The summed E-state index contributed by atoms with van der Waals surface area (Å²) in [5.41, 5.74) is -0.0867. The topological polar surface area (TPSA) is 46.5 Å². The van der Waals surface area contributed by atoms with Gasteiger partial charge in [0.05, 0.1) is 11.1 Å². The van der Waals surface area contributed by atoms with Crippen molar-refractivity contribution in [1.29, 1.82) is 0 Å². The van der Waals surface area contributed by atoms with Crippen LogP contribution in [0.1, 0.15) is 23.2 Å². The molecule has 0 heterocycles.